The fraction of sp³-hybridized carbons (Fsp3) is 0.250. The smallest absolute Gasteiger partial charge is 0.210 e. The number of hydrogen-bond donors (Lipinski definition) is 1. The molecule has 0 spiro atoms. The molecule has 1 N–H and O–H groups in total. The molecule has 1 aliphatic rings. The molecule has 2 aromatic carbocycles. The van der Waals surface area contributed by atoms with Crippen molar-refractivity contribution >= 4 is 33.2 Å². The molecule has 0 unspecified atom stereocenters. The van der Waals surface area contributed by atoms with Crippen molar-refractivity contribution in [2.45, 2.75) is 23.2 Å². The Morgan fingerprint density at radius 2 is 1.68 bits per heavy atom. The van der Waals surface area contributed by atoms with E-state index in [0.717, 1.165) is 18.4 Å². The van der Waals surface area contributed by atoms with Crippen LogP contribution in [0.5, 0.6) is 0 Å². The predicted octanol–water partition coefficient (Wildman–Crippen LogP) is 4.00. The van der Waals surface area contributed by atoms with Crippen LogP contribution < -0.4 is 4.72 Å². The number of benzene rings is 2. The lowest BCUT2D eigenvalue weighted by Crippen LogP contribution is -2.32. The van der Waals surface area contributed by atoms with Crippen molar-refractivity contribution in [3.8, 4) is 0 Å². The first-order chi connectivity index (χ1) is 10.4. The largest absolute Gasteiger partial charge is 0.240 e. The van der Waals surface area contributed by atoms with Crippen molar-refractivity contribution in [2.75, 3.05) is 6.54 Å². The molecular formula is C16H15Cl2NO2S. The number of nitrogens with one attached hydrogen (secondary N) is 1. The molecule has 116 valence electrons. The van der Waals surface area contributed by atoms with Crippen LogP contribution in [0.2, 0.25) is 10.0 Å². The van der Waals surface area contributed by atoms with E-state index in [2.05, 4.69) is 4.72 Å². The minimum Gasteiger partial charge on any atom is -0.210 e. The maximum atomic E-state index is 12.4. The monoisotopic (exact) mass is 355 g/mol. The Bertz CT molecular complexity index is 784. The molecule has 0 atom stereocenters. The quantitative estimate of drug-likeness (QED) is 0.880. The normalized spacial score (nSPS) is 16.5. The van der Waals surface area contributed by atoms with E-state index in [1.54, 1.807) is 12.1 Å². The lowest BCUT2D eigenvalue weighted by molar-refractivity contribution is 0.567. The second kappa shape index (κ2) is 5.85. The van der Waals surface area contributed by atoms with Crippen molar-refractivity contribution in [3.63, 3.8) is 0 Å². The fourth-order valence-corrected chi connectivity index (χ4v) is 4.03. The number of sulfonamides is 1. The van der Waals surface area contributed by atoms with Gasteiger partial charge in [0.1, 0.15) is 0 Å². The zero-order valence-electron chi connectivity index (χ0n) is 11.7. The highest BCUT2D eigenvalue weighted by Crippen LogP contribution is 2.48. The Morgan fingerprint density at radius 1 is 1.00 bits per heavy atom. The highest BCUT2D eigenvalue weighted by Gasteiger charge is 2.44. The van der Waals surface area contributed by atoms with E-state index in [9.17, 15) is 8.42 Å². The molecular weight excluding hydrogens is 341 g/mol. The molecule has 6 heteroatoms. The van der Waals surface area contributed by atoms with Crippen LogP contribution in [-0.4, -0.2) is 15.0 Å². The first-order valence-electron chi connectivity index (χ1n) is 6.93. The third kappa shape index (κ3) is 3.30. The second-order valence-corrected chi connectivity index (χ2v) is 8.21. The molecule has 1 aliphatic carbocycles. The molecule has 0 aliphatic heterocycles. The first kappa shape index (κ1) is 15.8. The van der Waals surface area contributed by atoms with Crippen LogP contribution in [-0.2, 0) is 15.4 Å². The van der Waals surface area contributed by atoms with Gasteiger partial charge in [-0.3, -0.25) is 0 Å². The van der Waals surface area contributed by atoms with E-state index < -0.39 is 10.0 Å². The summed E-state index contributed by atoms with van der Waals surface area (Å²) >= 11 is 11.8. The van der Waals surface area contributed by atoms with Gasteiger partial charge in [-0.15, -0.1) is 0 Å². The van der Waals surface area contributed by atoms with Crippen molar-refractivity contribution in [2.24, 2.45) is 0 Å². The van der Waals surface area contributed by atoms with Gasteiger partial charge in [-0.1, -0.05) is 41.4 Å². The SMILES string of the molecule is O=S(=O)(NCC1(c2ccc(Cl)cc2)CC1)c1cccc(Cl)c1. The minimum atomic E-state index is -3.55. The Balaban J connectivity index is 1.76. The van der Waals surface area contributed by atoms with Gasteiger partial charge in [0.2, 0.25) is 10.0 Å². The molecule has 0 bridgehead atoms. The maximum absolute atomic E-state index is 12.4. The molecule has 0 heterocycles. The Kier molecular flexibility index (Phi) is 4.21. The fourth-order valence-electron chi connectivity index (χ4n) is 2.47. The van der Waals surface area contributed by atoms with Gasteiger partial charge in [0, 0.05) is 22.0 Å². The minimum absolute atomic E-state index is 0.115. The van der Waals surface area contributed by atoms with Crippen LogP contribution in [0.4, 0.5) is 0 Å². The highest BCUT2D eigenvalue weighted by atomic mass is 35.5. The highest BCUT2D eigenvalue weighted by molar-refractivity contribution is 7.89. The van der Waals surface area contributed by atoms with Crippen molar-refractivity contribution < 1.29 is 8.42 Å². The standard InChI is InChI=1S/C16H15Cl2NO2S/c17-13-6-4-12(5-7-13)16(8-9-16)11-19-22(20,21)15-3-1-2-14(18)10-15/h1-7,10,19H,8-9,11H2. The second-order valence-electron chi connectivity index (χ2n) is 5.57. The lowest BCUT2D eigenvalue weighted by atomic mass is 9.96. The molecule has 22 heavy (non-hydrogen) atoms. The summed E-state index contributed by atoms with van der Waals surface area (Å²) in [5.41, 5.74) is 1.00. The molecule has 1 saturated carbocycles. The average Bonchev–Trinajstić information content (AvgIpc) is 3.27. The summed E-state index contributed by atoms with van der Waals surface area (Å²) in [6.07, 6.45) is 1.93. The summed E-state index contributed by atoms with van der Waals surface area (Å²) in [6.45, 7) is 0.378. The van der Waals surface area contributed by atoms with Gasteiger partial charge in [0.15, 0.2) is 0 Å². The molecule has 1 fully saturated rings. The van der Waals surface area contributed by atoms with Crippen LogP contribution in [0.15, 0.2) is 53.4 Å². The molecule has 2 aromatic rings. The van der Waals surface area contributed by atoms with Gasteiger partial charge < -0.3 is 0 Å². The van der Waals surface area contributed by atoms with E-state index in [1.807, 2.05) is 24.3 Å². The summed E-state index contributed by atoms with van der Waals surface area (Å²) in [5, 5.41) is 1.08. The van der Waals surface area contributed by atoms with Gasteiger partial charge in [0.25, 0.3) is 0 Å². The van der Waals surface area contributed by atoms with Crippen LogP contribution >= 0.6 is 23.2 Å². The Hall–Kier alpha value is -1.07. The Morgan fingerprint density at radius 3 is 2.27 bits per heavy atom. The summed E-state index contributed by atoms with van der Waals surface area (Å²) in [5.74, 6) is 0. The van der Waals surface area contributed by atoms with Crippen molar-refractivity contribution in [1.29, 1.82) is 0 Å². The van der Waals surface area contributed by atoms with Gasteiger partial charge >= 0.3 is 0 Å². The summed E-state index contributed by atoms with van der Waals surface area (Å²) < 4.78 is 27.4. The van der Waals surface area contributed by atoms with Gasteiger partial charge in [-0.05, 0) is 48.7 Å². The van der Waals surface area contributed by atoms with E-state index in [4.69, 9.17) is 23.2 Å². The third-order valence-electron chi connectivity index (χ3n) is 4.02. The van der Waals surface area contributed by atoms with Gasteiger partial charge in [0.05, 0.1) is 4.90 Å². The third-order valence-corrected chi connectivity index (χ3v) is 5.90. The zero-order valence-corrected chi connectivity index (χ0v) is 14.0. The molecule has 0 radical (unpaired) electrons. The summed E-state index contributed by atoms with van der Waals surface area (Å²) in [4.78, 5) is 0.187. The average molecular weight is 356 g/mol. The summed E-state index contributed by atoms with van der Waals surface area (Å²) in [6, 6.07) is 13.9. The molecule has 0 amide bonds. The van der Waals surface area contributed by atoms with Gasteiger partial charge in [-0.25, -0.2) is 13.1 Å². The van der Waals surface area contributed by atoms with E-state index in [1.165, 1.54) is 12.1 Å². The predicted molar refractivity (Wildman–Crippen MR) is 89.0 cm³/mol. The van der Waals surface area contributed by atoms with E-state index in [0.29, 0.717) is 16.6 Å². The topological polar surface area (TPSA) is 46.2 Å². The number of rotatable bonds is 5. The Labute approximate surface area is 140 Å². The van der Waals surface area contributed by atoms with Gasteiger partial charge in [-0.2, -0.15) is 0 Å². The van der Waals surface area contributed by atoms with Crippen LogP contribution in [0, 0.1) is 0 Å². The molecule has 0 saturated heterocycles. The summed E-state index contributed by atoms with van der Waals surface area (Å²) in [7, 11) is -3.55. The molecule has 3 nitrogen and oxygen atoms in total. The molecule has 0 aromatic heterocycles. The van der Waals surface area contributed by atoms with Crippen LogP contribution in [0.3, 0.4) is 0 Å². The van der Waals surface area contributed by atoms with Crippen molar-refractivity contribution in [3.05, 3.63) is 64.1 Å². The number of hydrogen-bond acceptors (Lipinski definition) is 2. The lowest BCUT2D eigenvalue weighted by Gasteiger charge is -2.17. The number of halogens is 2. The van der Waals surface area contributed by atoms with Crippen LogP contribution in [0.25, 0.3) is 0 Å². The zero-order chi connectivity index (χ0) is 15.8. The molecule has 3 rings (SSSR count). The first-order valence-corrected chi connectivity index (χ1v) is 9.17. The van der Waals surface area contributed by atoms with E-state index >= 15 is 0 Å². The maximum Gasteiger partial charge on any atom is 0.240 e. The van der Waals surface area contributed by atoms with Crippen LogP contribution in [0.1, 0.15) is 18.4 Å². The van der Waals surface area contributed by atoms with E-state index in [-0.39, 0.29) is 10.3 Å². The van der Waals surface area contributed by atoms with Crippen molar-refractivity contribution in [1.82, 2.24) is 4.72 Å².